The Labute approximate surface area is 136 Å². The van der Waals surface area contributed by atoms with Gasteiger partial charge >= 0.3 is 6.09 Å². The number of rotatable bonds is 6. The normalized spacial score (nSPS) is 16.0. The van der Waals surface area contributed by atoms with Crippen LogP contribution >= 0.6 is 0 Å². The number of amides is 1. The molecule has 1 fully saturated rings. The fourth-order valence-corrected chi connectivity index (χ4v) is 2.36. The fourth-order valence-electron chi connectivity index (χ4n) is 2.36. The first kappa shape index (κ1) is 17.5. The van der Waals surface area contributed by atoms with Crippen LogP contribution in [0.3, 0.4) is 0 Å². The Balaban J connectivity index is 1.83. The molecule has 1 aliphatic carbocycles. The minimum absolute atomic E-state index is 0.0273. The zero-order chi connectivity index (χ0) is 17.0. The molecule has 0 spiro atoms. The van der Waals surface area contributed by atoms with Crippen LogP contribution in [0, 0.1) is 11.7 Å². The van der Waals surface area contributed by atoms with Crippen LogP contribution < -0.4 is 10.6 Å². The molecular formula is C17H25FN2O3. The molecule has 2 rings (SSSR count). The maximum atomic E-state index is 13.3. The van der Waals surface area contributed by atoms with Gasteiger partial charge < -0.3 is 20.5 Å². The van der Waals surface area contributed by atoms with E-state index in [4.69, 9.17) is 4.74 Å². The Hall–Kier alpha value is -1.82. The third kappa shape index (κ3) is 5.71. The van der Waals surface area contributed by atoms with Crippen LogP contribution in [0.1, 0.15) is 39.2 Å². The molecule has 1 unspecified atom stereocenters. The van der Waals surface area contributed by atoms with Crippen LogP contribution in [0.15, 0.2) is 18.2 Å². The topological polar surface area (TPSA) is 70.6 Å². The van der Waals surface area contributed by atoms with Crippen molar-refractivity contribution in [1.29, 1.82) is 0 Å². The highest BCUT2D eigenvalue weighted by Crippen LogP contribution is 2.32. The summed E-state index contributed by atoms with van der Waals surface area (Å²) in [5.41, 5.74) is -0.0318. The first-order valence-electron chi connectivity index (χ1n) is 7.93. The number of carbonyl (C=O) groups is 1. The van der Waals surface area contributed by atoms with Gasteiger partial charge in [0.05, 0.1) is 0 Å². The maximum absolute atomic E-state index is 13.3. The number of aromatic hydroxyl groups is 1. The number of para-hydroxylation sites is 1. The van der Waals surface area contributed by atoms with Gasteiger partial charge in [-0.2, -0.15) is 0 Å². The molecule has 1 aromatic rings. The second-order valence-electron chi connectivity index (χ2n) is 6.97. The number of benzene rings is 1. The Bertz CT molecular complexity index is 553. The molecule has 0 heterocycles. The Morgan fingerprint density at radius 1 is 1.43 bits per heavy atom. The Kier molecular flexibility index (Phi) is 5.46. The predicted octanol–water partition coefficient (Wildman–Crippen LogP) is 2.92. The van der Waals surface area contributed by atoms with Crippen molar-refractivity contribution in [2.24, 2.45) is 5.92 Å². The van der Waals surface area contributed by atoms with Crippen molar-refractivity contribution in [2.75, 3.05) is 6.54 Å². The van der Waals surface area contributed by atoms with Gasteiger partial charge in [-0.05, 0) is 45.6 Å². The van der Waals surface area contributed by atoms with Gasteiger partial charge in [0.25, 0.3) is 0 Å². The minimum atomic E-state index is -0.630. The fraction of sp³-hybridized carbons (Fsp3) is 0.588. The van der Waals surface area contributed by atoms with Gasteiger partial charge in [0.1, 0.15) is 5.60 Å². The van der Waals surface area contributed by atoms with Crippen molar-refractivity contribution >= 4 is 6.09 Å². The van der Waals surface area contributed by atoms with E-state index in [1.807, 2.05) is 20.8 Å². The highest BCUT2D eigenvalue weighted by molar-refractivity contribution is 5.68. The van der Waals surface area contributed by atoms with E-state index in [1.54, 1.807) is 12.1 Å². The molecule has 0 radical (unpaired) electrons. The molecule has 0 aromatic heterocycles. The van der Waals surface area contributed by atoms with E-state index in [0.29, 0.717) is 24.6 Å². The van der Waals surface area contributed by atoms with Crippen LogP contribution in [0.5, 0.6) is 5.75 Å². The summed E-state index contributed by atoms with van der Waals surface area (Å²) in [6, 6.07) is 4.42. The summed E-state index contributed by atoms with van der Waals surface area (Å²) in [5, 5.41) is 15.7. The molecule has 3 N–H and O–H groups in total. The maximum Gasteiger partial charge on any atom is 0.407 e. The lowest BCUT2D eigenvalue weighted by Gasteiger charge is -2.24. The van der Waals surface area contributed by atoms with Crippen LogP contribution in [-0.4, -0.2) is 29.4 Å². The van der Waals surface area contributed by atoms with E-state index in [9.17, 15) is 14.3 Å². The lowest BCUT2D eigenvalue weighted by Crippen LogP contribution is -2.45. The van der Waals surface area contributed by atoms with E-state index in [2.05, 4.69) is 10.6 Å². The summed E-state index contributed by atoms with van der Waals surface area (Å²) in [4.78, 5) is 11.9. The van der Waals surface area contributed by atoms with Crippen molar-refractivity contribution in [1.82, 2.24) is 10.6 Å². The van der Waals surface area contributed by atoms with Crippen molar-refractivity contribution in [3.05, 3.63) is 29.6 Å². The zero-order valence-corrected chi connectivity index (χ0v) is 13.9. The first-order chi connectivity index (χ1) is 10.8. The van der Waals surface area contributed by atoms with Crippen molar-refractivity contribution < 1.29 is 19.0 Å². The predicted molar refractivity (Wildman–Crippen MR) is 85.7 cm³/mol. The number of phenols is 1. The van der Waals surface area contributed by atoms with E-state index in [-0.39, 0.29) is 11.8 Å². The van der Waals surface area contributed by atoms with E-state index in [1.165, 1.54) is 6.07 Å². The molecule has 1 amide bonds. The quantitative estimate of drug-likeness (QED) is 0.752. The van der Waals surface area contributed by atoms with Crippen LogP contribution in [0.2, 0.25) is 0 Å². The van der Waals surface area contributed by atoms with Gasteiger partial charge in [-0.1, -0.05) is 12.1 Å². The molecule has 0 aliphatic heterocycles. The van der Waals surface area contributed by atoms with Gasteiger partial charge in [-0.15, -0.1) is 0 Å². The average Bonchev–Trinajstić information content (AvgIpc) is 3.24. The molecule has 5 nitrogen and oxygen atoms in total. The Morgan fingerprint density at radius 3 is 2.74 bits per heavy atom. The number of nitrogens with one attached hydrogen (secondary N) is 2. The van der Waals surface area contributed by atoms with Crippen molar-refractivity contribution in [3.63, 3.8) is 0 Å². The summed E-state index contributed by atoms with van der Waals surface area (Å²) in [7, 11) is 0. The molecule has 23 heavy (non-hydrogen) atoms. The van der Waals surface area contributed by atoms with Gasteiger partial charge in [-0.3, -0.25) is 0 Å². The standard InChI is InChI=1S/C17H25FN2O3/c1-17(2,3)23-16(22)20-14(11-7-8-11)10-19-9-12-5-4-6-13(18)15(12)21/h4-6,11,14,19,21H,7-10H2,1-3H3,(H,20,22). The summed E-state index contributed by atoms with van der Waals surface area (Å²) >= 11 is 0. The third-order valence-corrected chi connectivity index (χ3v) is 3.64. The molecule has 0 bridgehead atoms. The highest BCUT2D eigenvalue weighted by atomic mass is 19.1. The average molecular weight is 324 g/mol. The first-order valence-corrected chi connectivity index (χ1v) is 7.93. The molecule has 0 saturated heterocycles. The number of phenolic OH excluding ortho intramolecular Hbond substituents is 1. The zero-order valence-electron chi connectivity index (χ0n) is 13.9. The van der Waals surface area contributed by atoms with E-state index >= 15 is 0 Å². The smallest absolute Gasteiger partial charge is 0.407 e. The molecule has 1 atom stereocenters. The lowest BCUT2D eigenvalue weighted by atomic mass is 10.1. The summed E-state index contributed by atoms with van der Waals surface area (Å²) in [6.07, 6.45) is 1.73. The minimum Gasteiger partial charge on any atom is -0.505 e. The lowest BCUT2D eigenvalue weighted by molar-refractivity contribution is 0.0497. The Morgan fingerprint density at radius 2 is 2.13 bits per heavy atom. The number of ether oxygens (including phenoxy) is 1. The summed E-state index contributed by atoms with van der Waals surface area (Å²) in [5.74, 6) is -0.519. The molecular weight excluding hydrogens is 299 g/mol. The second kappa shape index (κ2) is 7.17. The van der Waals surface area contributed by atoms with Gasteiger partial charge in [-0.25, -0.2) is 9.18 Å². The van der Waals surface area contributed by atoms with E-state index < -0.39 is 17.5 Å². The third-order valence-electron chi connectivity index (χ3n) is 3.64. The molecule has 6 heteroatoms. The summed E-state index contributed by atoms with van der Waals surface area (Å²) in [6.45, 7) is 6.35. The largest absolute Gasteiger partial charge is 0.505 e. The van der Waals surface area contributed by atoms with Crippen LogP contribution in [-0.2, 0) is 11.3 Å². The summed E-state index contributed by atoms with van der Waals surface area (Å²) < 4.78 is 18.6. The highest BCUT2D eigenvalue weighted by Gasteiger charge is 2.33. The number of alkyl carbamates (subject to hydrolysis) is 1. The second-order valence-corrected chi connectivity index (χ2v) is 6.97. The SMILES string of the molecule is CC(C)(C)OC(=O)NC(CNCc1cccc(F)c1O)C1CC1. The van der Waals surface area contributed by atoms with Gasteiger partial charge in [0, 0.05) is 24.7 Å². The van der Waals surface area contributed by atoms with Crippen LogP contribution in [0.25, 0.3) is 0 Å². The van der Waals surface area contributed by atoms with Gasteiger partial charge in [0.15, 0.2) is 11.6 Å². The number of halogens is 1. The molecule has 128 valence electrons. The van der Waals surface area contributed by atoms with E-state index in [0.717, 1.165) is 12.8 Å². The number of carbonyl (C=O) groups excluding carboxylic acids is 1. The molecule has 1 saturated carbocycles. The van der Waals surface area contributed by atoms with Crippen LogP contribution in [0.4, 0.5) is 9.18 Å². The number of hydrogen-bond donors (Lipinski definition) is 3. The van der Waals surface area contributed by atoms with Gasteiger partial charge in [0.2, 0.25) is 0 Å². The molecule has 1 aliphatic rings. The van der Waals surface area contributed by atoms with Crippen molar-refractivity contribution in [3.8, 4) is 5.75 Å². The molecule has 1 aromatic carbocycles. The number of hydrogen-bond acceptors (Lipinski definition) is 4. The van der Waals surface area contributed by atoms with Crippen molar-refractivity contribution in [2.45, 2.75) is 51.8 Å². The monoisotopic (exact) mass is 324 g/mol.